The van der Waals surface area contributed by atoms with Gasteiger partial charge in [0.25, 0.3) is 0 Å². The van der Waals surface area contributed by atoms with Gasteiger partial charge in [0, 0.05) is 25.7 Å². The van der Waals surface area contributed by atoms with E-state index in [1.807, 2.05) is 91.0 Å². The fourth-order valence-corrected chi connectivity index (χ4v) is 5.40. The summed E-state index contributed by atoms with van der Waals surface area (Å²) in [5.74, 6) is -2.53. The van der Waals surface area contributed by atoms with Crippen LogP contribution >= 0.6 is 0 Å². The van der Waals surface area contributed by atoms with Crippen molar-refractivity contribution in [2.75, 3.05) is 6.61 Å². The molecule has 0 bridgehead atoms. The first-order chi connectivity index (χ1) is 22.8. The van der Waals surface area contributed by atoms with Gasteiger partial charge in [-0.05, 0) is 16.7 Å². The second-order valence-corrected chi connectivity index (χ2v) is 10.9. The topological polar surface area (TPSA) is 124 Å². The lowest BCUT2D eigenvalue weighted by Gasteiger charge is -2.45. The highest BCUT2D eigenvalue weighted by Crippen LogP contribution is 2.41. The first-order valence-corrected chi connectivity index (χ1v) is 16.0. The highest BCUT2D eigenvalue weighted by Gasteiger charge is 2.54. The van der Waals surface area contributed by atoms with Crippen molar-refractivity contribution in [3.05, 3.63) is 108 Å². The minimum absolute atomic E-state index is 0.00225. The van der Waals surface area contributed by atoms with Crippen LogP contribution in [0.5, 0.6) is 0 Å². The molecule has 10 heteroatoms. The van der Waals surface area contributed by atoms with Gasteiger partial charge in [0.2, 0.25) is 12.4 Å². The van der Waals surface area contributed by atoms with Crippen molar-refractivity contribution in [3.8, 4) is 0 Å². The molecule has 5 atom stereocenters. The van der Waals surface area contributed by atoms with Crippen molar-refractivity contribution in [1.29, 1.82) is 0 Å². The zero-order chi connectivity index (χ0) is 33.8. The smallest absolute Gasteiger partial charge is 0.307 e. The van der Waals surface area contributed by atoms with Crippen LogP contribution in [0.1, 0.15) is 70.1 Å². The zero-order valence-electron chi connectivity index (χ0n) is 27.2. The molecule has 1 aliphatic heterocycles. The summed E-state index contributed by atoms with van der Waals surface area (Å²) in [6, 6.07) is 28.9. The largest absolute Gasteiger partial charge is 0.455 e. The predicted octanol–water partition coefficient (Wildman–Crippen LogP) is 5.64. The molecule has 3 aromatic rings. The maximum atomic E-state index is 12.8. The second-order valence-electron chi connectivity index (χ2n) is 10.9. The number of hydrogen-bond acceptors (Lipinski definition) is 10. The molecule has 0 spiro atoms. The highest BCUT2D eigenvalue weighted by molar-refractivity contribution is 5.72. The molecule has 0 saturated carbocycles. The van der Waals surface area contributed by atoms with Gasteiger partial charge in [-0.25, -0.2) is 0 Å². The van der Waals surface area contributed by atoms with E-state index in [1.165, 1.54) is 0 Å². The van der Waals surface area contributed by atoms with E-state index < -0.39 is 60.2 Å². The Morgan fingerprint density at radius 1 is 0.532 bits per heavy atom. The van der Waals surface area contributed by atoms with Gasteiger partial charge in [-0.2, -0.15) is 0 Å². The number of hydrogen-bond donors (Lipinski definition) is 0. The molecule has 3 aromatic carbocycles. The van der Waals surface area contributed by atoms with Crippen molar-refractivity contribution in [1.82, 2.24) is 0 Å². The molecule has 1 aliphatic rings. The Labute approximate surface area is 275 Å². The maximum Gasteiger partial charge on any atom is 0.307 e. The van der Waals surface area contributed by atoms with Gasteiger partial charge < -0.3 is 28.4 Å². The van der Waals surface area contributed by atoms with Crippen molar-refractivity contribution < 1.29 is 47.6 Å². The molecule has 0 amide bonds. The third-order valence-electron chi connectivity index (χ3n) is 7.80. The molecule has 0 N–H and O–H groups in total. The van der Waals surface area contributed by atoms with E-state index in [-0.39, 0.29) is 32.3 Å². The fraction of sp³-hybridized carbons (Fsp3) is 0.405. The summed E-state index contributed by atoms with van der Waals surface area (Å²) in [7, 11) is 0. The standard InChI is InChI=1S/C37H42O10/c1-5-29(38)44-33-28(43-36(47-32(41)8-4)35(46-31(40)7-3)34(33)45-30(39)6-2)24-42-37(25-18-12-9-13-19-25,26-20-14-10-15-21-26)27-22-16-11-17-23-27/h9-23,28,33-36H,5-8,24H2,1-4H3/t28-,33+,34+,35-,36?/m1/s1. The summed E-state index contributed by atoms with van der Waals surface area (Å²) < 4.78 is 36.2. The highest BCUT2D eigenvalue weighted by atomic mass is 16.7. The van der Waals surface area contributed by atoms with Crippen LogP contribution in [0.25, 0.3) is 0 Å². The molecule has 1 unspecified atom stereocenters. The third kappa shape index (κ3) is 8.44. The molecule has 10 nitrogen and oxygen atoms in total. The van der Waals surface area contributed by atoms with Gasteiger partial charge in [0.1, 0.15) is 11.7 Å². The van der Waals surface area contributed by atoms with Crippen molar-refractivity contribution >= 4 is 23.9 Å². The number of rotatable bonds is 14. The van der Waals surface area contributed by atoms with Gasteiger partial charge in [-0.3, -0.25) is 19.2 Å². The molecule has 4 rings (SSSR count). The number of esters is 4. The molecule has 0 radical (unpaired) electrons. The van der Waals surface area contributed by atoms with Crippen LogP contribution in [0.15, 0.2) is 91.0 Å². The van der Waals surface area contributed by atoms with Gasteiger partial charge in [0.05, 0.1) is 6.61 Å². The summed E-state index contributed by atoms with van der Waals surface area (Å²) in [6.07, 6.45) is -6.72. The Balaban J connectivity index is 1.85. The zero-order valence-corrected chi connectivity index (χ0v) is 27.2. The Kier molecular flexibility index (Phi) is 12.7. The molecule has 250 valence electrons. The molecule has 0 aromatic heterocycles. The predicted molar refractivity (Wildman–Crippen MR) is 171 cm³/mol. The number of benzene rings is 3. The first kappa shape index (κ1) is 35.3. The molecular formula is C37H42O10. The Hall–Kier alpha value is -4.54. The van der Waals surface area contributed by atoms with E-state index in [0.29, 0.717) is 0 Å². The van der Waals surface area contributed by atoms with E-state index in [0.717, 1.165) is 16.7 Å². The minimum atomic E-state index is -1.49. The molecule has 1 fully saturated rings. The molecule has 0 aliphatic carbocycles. The third-order valence-corrected chi connectivity index (χ3v) is 7.80. The van der Waals surface area contributed by atoms with E-state index >= 15 is 0 Å². The van der Waals surface area contributed by atoms with Crippen LogP contribution in [0, 0.1) is 0 Å². The quantitative estimate of drug-likeness (QED) is 0.124. The Morgan fingerprint density at radius 3 is 1.30 bits per heavy atom. The lowest BCUT2D eigenvalue weighted by molar-refractivity contribution is -0.304. The molecule has 47 heavy (non-hydrogen) atoms. The van der Waals surface area contributed by atoms with Gasteiger partial charge in [0.15, 0.2) is 12.2 Å². The van der Waals surface area contributed by atoms with Crippen LogP contribution in [0.3, 0.4) is 0 Å². The number of carbonyl (C=O) groups excluding carboxylic acids is 4. The first-order valence-electron chi connectivity index (χ1n) is 16.0. The normalized spacial score (nSPS) is 20.9. The number of ether oxygens (including phenoxy) is 6. The molecular weight excluding hydrogens is 604 g/mol. The van der Waals surface area contributed by atoms with Crippen LogP contribution in [0.4, 0.5) is 0 Å². The molecule has 1 heterocycles. The fourth-order valence-electron chi connectivity index (χ4n) is 5.40. The van der Waals surface area contributed by atoms with Gasteiger partial charge in [-0.15, -0.1) is 0 Å². The monoisotopic (exact) mass is 646 g/mol. The summed E-state index contributed by atoms with van der Waals surface area (Å²) in [4.78, 5) is 50.8. The minimum Gasteiger partial charge on any atom is -0.455 e. The van der Waals surface area contributed by atoms with Crippen LogP contribution in [0.2, 0.25) is 0 Å². The summed E-state index contributed by atoms with van der Waals surface area (Å²) >= 11 is 0. The Bertz CT molecular complexity index is 1360. The van der Waals surface area contributed by atoms with Crippen molar-refractivity contribution in [2.45, 2.75) is 89.7 Å². The molecule has 1 saturated heterocycles. The van der Waals surface area contributed by atoms with E-state index in [4.69, 9.17) is 28.4 Å². The van der Waals surface area contributed by atoms with Crippen LogP contribution in [-0.4, -0.2) is 61.2 Å². The summed E-state index contributed by atoms with van der Waals surface area (Å²) in [6.45, 7) is 6.19. The van der Waals surface area contributed by atoms with Gasteiger partial charge in [-0.1, -0.05) is 119 Å². The van der Waals surface area contributed by atoms with E-state index in [1.54, 1.807) is 27.7 Å². The lowest BCUT2D eigenvalue weighted by Crippen LogP contribution is -2.63. The maximum absolute atomic E-state index is 12.8. The summed E-state index contributed by atoms with van der Waals surface area (Å²) in [5.41, 5.74) is 1.26. The van der Waals surface area contributed by atoms with Crippen molar-refractivity contribution in [2.24, 2.45) is 0 Å². The van der Waals surface area contributed by atoms with Crippen LogP contribution in [-0.2, 0) is 53.2 Å². The average Bonchev–Trinajstić information content (AvgIpc) is 3.12. The van der Waals surface area contributed by atoms with E-state index in [9.17, 15) is 19.2 Å². The average molecular weight is 647 g/mol. The van der Waals surface area contributed by atoms with E-state index in [2.05, 4.69) is 0 Å². The SMILES string of the molecule is CCC(=O)OC1O[C@H](COC(c2ccccc2)(c2ccccc2)c2ccccc2)[C@H](OC(=O)CC)[C@H](OC(=O)CC)[C@H]1OC(=O)CC. The second kappa shape index (κ2) is 16.9. The Morgan fingerprint density at radius 2 is 0.894 bits per heavy atom. The number of carbonyl (C=O) groups is 4. The van der Waals surface area contributed by atoms with Crippen LogP contribution < -0.4 is 0 Å². The van der Waals surface area contributed by atoms with Crippen molar-refractivity contribution in [3.63, 3.8) is 0 Å². The van der Waals surface area contributed by atoms with Gasteiger partial charge >= 0.3 is 23.9 Å². The summed E-state index contributed by atoms with van der Waals surface area (Å²) in [5, 5.41) is 0. The lowest BCUT2D eigenvalue weighted by atomic mass is 9.80.